The summed E-state index contributed by atoms with van der Waals surface area (Å²) in [5.41, 5.74) is 1.87. The number of carbonyl (C=O) groups excluding carboxylic acids is 1. The highest BCUT2D eigenvalue weighted by Gasteiger charge is 2.59. The zero-order valence-electron chi connectivity index (χ0n) is 19.6. The summed E-state index contributed by atoms with van der Waals surface area (Å²) in [5.74, 6) is 4.40. The average Bonchev–Trinajstić information content (AvgIpc) is 3.03. The Morgan fingerprint density at radius 1 is 1.14 bits per heavy atom. The van der Waals surface area contributed by atoms with E-state index in [-0.39, 0.29) is 0 Å². The van der Waals surface area contributed by atoms with Crippen LogP contribution in [0.1, 0.15) is 105 Å². The molecule has 164 valence electrons. The minimum absolute atomic E-state index is 0.323. The Morgan fingerprint density at radius 3 is 2.62 bits per heavy atom. The van der Waals surface area contributed by atoms with Crippen molar-refractivity contribution in [3.63, 3.8) is 0 Å². The number of aliphatic hydroxyl groups is 1. The summed E-state index contributed by atoms with van der Waals surface area (Å²) in [6.07, 6.45) is 14.9. The third kappa shape index (κ3) is 3.56. The quantitative estimate of drug-likeness (QED) is 0.521. The van der Waals surface area contributed by atoms with Gasteiger partial charge in [-0.3, -0.25) is 4.79 Å². The van der Waals surface area contributed by atoms with Gasteiger partial charge in [-0.25, -0.2) is 0 Å². The predicted molar refractivity (Wildman–Crippen MR) is 120 cm³/mol. The van der Waals surface area contributed by atoms with Crippen LogP contribution in [0.3, 0.4) is 0 Å². The number of allylic oxidation sites excluding steroid dienone is 1. The molecule has 0 bridgehead atoms. The van der Waals surface area contributed by atoms with Crippen molar-refractivity contribution in [2.45, 2.75) is 111 Å². The van der Waals surface area contributed by atoms with Gasteiger partial charge in [0.25, 0.3) is 0 Å². The summed E-state index contributed by atoms with van der Waals surface area (Å²) in [6, 6.07) is 0. The molecule has 1 unspecified atom stereocenters. The largest absolute Gasteiger partial charge is 0.390 e. The summed E-state index contributed by atoms with van der Waals surface area (Å²) in [4.78, 5) is 11.9. The fraction of sp³-hybridized carbons (Fsp3) is 0.889. The smallest absolute Gasteiger partial charge is 0.132 e. The Bertz CT molecular complexity index is 676. The fourth-order valence-corrected chi connectivity index (χ4v) is 8.55. The Balaban J connectivity index is 1.52. The van der Waals surface area contributed by atoms with Gasteiger partial charge in [-0.15, -0.1) is 0 Å². The summed E-state index contributed by atoms with van der Waals surface area (Å²) >= 11 is 0. The summed E-state index contributed by atoms with van der Waals surface area (Å²) < 4.78 is 0. The molecule has 2 heteroatoms. The maximum Gasteiger partial charge on any atom is 0.132 e. The monoisotopic (exact) mass is 400 g/mol. The van der Waals surface area contributed by atoms with Crippen LogP contribution in [-0.2, 0) is 4.79 Å². The van der Waals surface area contributed by atoms with E-state index in [0.29, 0.717) is 29.0 Å². The van der Waals surface area contributed by atoms with Crippen LogP contribution < -0.4 is 0 Å². The minimum Gasteiger partial charge on any atom is -0.390 e. The summed E-state index contributed by atoms with van der Waals surface area (Å²) in [5, 5.41) is 10.7. The van der Waals surface area contributed by atoms with Crippen LogP contribution in [0.15, 0.2) is 11.6 Å². The molecule has 8 atom stereocenters. The fourth-order valence-electron chi connectivity index (χ4n) is 8.55. The number of hydrogen-bond donors (Lipinski definition) is 1. The Kier molecular flexibility index (Phi) is 5.59. The predicted octanol–water partition coefficient (Wildman–Crippen LogP) is 6.71. The van der Waals surface area contributed by atoms with Gasteiger partial charge < -0.3 is 5.11 Å². The molecule has 0 aromatic heterocycles. The highest BCUT2D eigenvalue weighted by molar-refractivity contribution is 5.77. The molecule has 0 aromatic rings. The van der Waals surface area contributed by atoms with E-state index in [1.807, 2.05) is 13.8 Å². The van der Waals surface area contributed by atoms with Gasteiger partial charge in [0, 0.05) is 12.8 Å². The Labute approximate surface area is 178 Å². The number of rotatable bonds is 5. The topological polar surface area (TPSA) is 37.3 Å². The van der Waals surface area contributed by atoms with Crippen LogP contribution in [0.5, 0.6) is 0 Å². The number of ketones is 1. The number of hydrogen-bond acceptors (Lipinski definition) is 2. The van der Waals surface area contributed by atoms with Gasteiger partial charge in [-0.2, -0.15) is 0 Å². The molecule has 0 saturated heterocycles. The first-order valence-electron chi connectivity index (χ1n) is 12.5. The molecule has 4 aliphatic rings. The highest BCUT2D eigenvalue weighted by atomic mass is 16.3. The Morgan fingerprint density at radius 2 is 1.90 bits per heavy atom. The van der Waals surface area contributed by atoms with Crippen LogP contribution in [0.25, 0.3) is 0 Å². The van der Waals surface area contributed by atoms with Gasteiger partial charge in [-0.05, 0) is 105 Å². The van der Waals surface area contributed by atoms with Gasteiger partial charge in [0.15, 0.2) is 0 Å². The van der Waals surface area contributed by atoms with E-state index < -0.39 is 5.60 Å². The SMILES string of the molecule is CCC(=O)CC[C@@H](C)[C@H]1CC[C@H]2[C@@H]3CC=C4C[C@@](C)(O)CCC4(C)[C@H]3CC[C@]12C. The maximum absolute atomic E-state index is 11.9. The van der Waals surface area contributed by atoms with E-state index in [1.165, 1.54) is 32.1 Å². The second-order valence-corrected chi connectivity index (χ2v) is 12.1. The van der Waals surface area contributed by atoms with E-state index >= 15 is 0 Å². The van der Waals surface area contributed by atoms with Crippen LogP contribution in [0.2, 0.25) is 0 Å². The van der Waals surface area contributed by atoms with Crippen molar-refractivity contribution in [3.05, 3.63) is 11.6 Å². The first-order valence-corrected chi connectivity index (χ1v) is 12.5. The molecule has 4 aliphatic carbocycles. The van der Waals surface area contributed by atoms with Crippen molar-refractivity contribution in [1.82, 2.24) is 0 Å². The second kappa shape index (κ2) is 7.50. The lowest BCUT2D eigenvalue weighted by Crippen LogP contribution is -2.52. The molecule has 0 spiro atoms. The zero-order valence-corrected chi connectivity index (χ0v) is 19.6. The molecular formula is C27H44O2. The number of carbonyl (C=O) groups is 1. The molecule has 3 saturated carbocycles. The molecule has 1 N–H and O–H groups in total. The zero-order chi connectivity index (χ0) is 21.0. The van der Waals surface area contributed by atoms with Crippen molar-refractivity contribution in [1.29, 1.82) is 0 Å². The number of Topliss-reactive ketones (excluding diaryl/α,β-unsaturated/α-hetero) is 1. The molecule has 0 radical (unpaired) electrons. The number of fused-ring (bicyclic) bond motifs is 5. The third-order valence-corrected chi connectivity index (χ3v) is 10.4. The molecule has 3 fully saturated rings. The lowest BCUT2D eigenvalue weighted by Gasteiger charge is -2.59. The van der Waals surface area contributed by atoms with Crippen molar-refractivity contribution >= 4 is 5.78 Å². The molecule has 2 nitrogen and oxygen atoms in total. The minimum atomic E-state index is -0.495. The van der Waals surface area contributed by atoms with Crippen LogP contribution >= 0.6 is 0 Å². The summed E-state index contributed by atoms with van der Waals surface area (Å²) in [6.45, 7) is 11.6. The second-order valence-electron chi connectivity index (χ2n) is 12.1. The lowest BCUT2D eigenvalue weighted by molar-refractivity contribution is -0.119. The molecule has 0 aromatic carbocycles. The van der Waals surface area contributed by atoms with Gasteiger partial charge in [0.1, 0.15) is 5.78 Å². The summed E-state index contributed by atoms with van der Waals surface area (Å²) in [7, 11) is 0. The van der Waals surface area contributed by atoms with Crippen molar-refractivity contribution in [2.75, 3.05) is 0 Å². The van der Waals surface area contributed by atoms with Gasteiger partial charge in [-0.1, -0.05) is 39.3 Å². The third-order valence-electron chi connectivity index (χ3n) is 10.4. The molecule has 0 heterocycles. The first kappa shape index (κ1) is 21.6. The van der Waals surface area contributed by atoms with Crippen molar-refractivity contribution < 1.29 is 9.90 Å². The van der Waals surface area contributed by atoms with Crippen molar-refractivity contribution in [3.8, 4) is 0 Å². The van der Waals surface area contributed by atoms with E-state index in [9.17, 15) is 9.90 Å². The van der Waals surface area contributed by atoms with Gasteiger partial charge in [0.05, 0.1) is 5.60 Å². The molecule has 4 rings (SSSR count). The molecule has 29 heavy (non-hydrogen) atoms. The Hall–Kier alpha value is -0.630. The van der Waals surface area contributed by atoms with E-state index in [4.69, 9.17) is 0 Å². The van der Waals surface area contributed by atoms with E-state index in [1.54, 1.807) is 5.57 Å². The lowest BCUT2D eigenvalue weighted by atomic mass is 9.46. The van der Waals surface area contributed by atoms with Gasteiger partial charge >= 0.3 is 0 Å². The van der Waals surface area contributed by atoms with Crippen LogP contribution in [0.4, 0.5) is 0 Å². The standard InChI is InChI=1S/C27H44O2/c1-6-20(28)9-7-18(2)22-11-12-23-21-10-8-19-17-25(3,29)15-16-26(19,4)24(21)13-14-27(22,23)5/h8,18,21-24,29H,6-7,9-17H2,1-5H3/t18-,21+,22-,23+,24+,25+,26?,27-/m1/s1. The highest BCUT2D eigenvalue weighted by Crippen LogP contribution is 2.67. The normalized spacial score (nSPS) is 47.6. The van der Waals surface area contributed by atoms with Crippen LogP contribution in [0, 0.1) is 40.4 Å². The van der Waals surface area contributed by atoms with E-state index in [0.717, 1.165) is 55.8 Å². The maximum atomic E-state index is 11.9. The first-order chi connectivity index (χ1) is 13.6. The van der Waals surface area contributed by atoms with E-state index in [2.05, 4.69) is 26.8 Å². The molecule has 0 aliphatic heterocycles. The van der Waals surface area contributed by atoms with Gasteiger partial charge in [0.2, 0.25) is 0 Å². The van der Waals surface area contributed by atoms with Crippen LogP contribution in [-0.4, -0.2) is 16.5 Å². The molecular weight excluding hydrogens is 356 g/mol. The average molecular weight is 401 g/mol. The van der Waals surface area contributed by atoms with Crippen molar-refractivity contribution in [2.24, 2.45) is 40.4 Å². The molecule has 0 amide bonds.